The third-order valence-electron chi connectivity index (χ3n) is 19.5. The van der Waals surface area contributed by atoms with Gasteiger partial charge in [0.15, 0.2) is 34.9 Å². The summed E-state index contributed by atoms with van der Waals surface area (Å²) in [5.41, 5.74) is 19.7. The van der Waals surface area contributed by atoms with Crippen LogP contribution in [-0.4, -0.2) is 43.6 Å². The van der Waals surface area contributed by atoms with Gasteiger partial charge in [-0.05, 0) is 125 Å². The second kappa shape index (κ2) is 23.2. The number of hydrogen-bond acceptors (Lipinski definition) is 7. The van der Waals surface area contributed by atoms with Gasteiger partial charge in [-0.1, -0.05) is 231 Å². The number of rotatable bonds is 11. The van der Waals surface area contributed by atoms with Crippen molar-refractivity contribution in [1.29, 1.82) is 0 Å². The molecule has 0 radical (unpaired) electrons. The van der Waals surface area contributed by atoms with Gasteiger partial charge in [0.1, 0.15) is 0 Å². The molecule has 100 heavy (non-hydrogen) atoms. The van der Waals surface area contributed by atoms with E-state index in [0.29, 0.717) is 34.9 Å². The molecule has 0 aliphatic carbocycles. The predicted molar refractivity (Wildman–Crippen MR) is 413 cm³/mol. The van der Waals surface area contributed by atoms with Crippen molar-refractivity contribution in [3.8, 4) is 108 Å². The highest BCUT2D eigenvalue weighted by Crippen LogP contribution is 2.44. The molecule has 0 fully saturated rings. The molecule has 14 aromatic carbocycles. The van der Waals surface area contributed by atoms with Crippen LogP contribution in [0.2, 0.25) is 0 Å². The van der Waals surface area contributed by atoms with Gasteiger partial charge < -0.3 is 13.7 Å². The highest BCUT2D eigenvalue weighted by atomic mass is 32.1. The minimum atomic E-state index is 0.580. The van der Waals surface area contributed by atoms with Gasteiger partial charge in [0, 0.05) is 103 Å². The van der Waals surface area contributed by atoms with Crippen LogP contribution in [0.5, 0.6) is 0 Å². The molecule has 0 N–H and O–H groups in total. The molecule has 9 nitrogen and oxygen atoms in total. The molecular formula is C90H55N9S. The summed E-state index contributed by atoms with van der Waals surface area (Å²) >= 11 is 1.86. The van der Waals surface area contributed by atoms with E-state index >= 15 is 0 Å². The van der Waals surface area contributed by atoms with E-state index < -0.39 is 0 Å². The van der Waals surface area contributed by atoms with Gasteiger partial charge in [-0.15, -0.1) is 11.3 Å². The number of thiophene rings is 1. The first kappa shape index (κ1) is 57.0. The first-order chi connectivity index (χ1) is 49.5. The van der Waals surface area contributed by atoms with Gasteiger partial charge in [-0.2, -0.15) is 0 Å². The Morgan fingerprint density at radius 2 is 0.560 bits per heavy atom. The molecule has 20 rings (SSSR count). The number of benzene rings is 14. The lowest BCUT2D eigenvalue weighted by molar-refractivity contribution is 1.07. The summed E-state index contributed by atoms with van der Waals surface area (Å²) in [6.45, 7) is 0. The zero-order valence-corrected chi connectivity index (χ0v) is 54.5. The Morgan fingerprint density at radius 3 is 1.15 bits per heavy atom. The summed E-state index contributed by atoms with van der Waals surface area (Å²) in [5, 5.41) is 9.64. The van der Waals surface area contributed by atoms with E-state index in [1.165, 1.54) is 52.8 Å². The first-order valence-corrected chi connectivity index (χ1v) is 34.4. The minimum absolute atomic E-state index is 0.580. The number of aromatic nitrogens is 9. The van der Waals surface area contributed by atoms with E-state index in [0.717, 1.165) is 105 Å². The highest BCUT2D eigenvalue weighted by Gasteiger charge is 2.22. The Bertz CT molecular complexity index is 6540. The molecule has 0 atom stereocenters. The molecule has 0 saturated carbocycles. The van der Waals surface area contributed by atoms with Crippen LogP contribution in [0, 0.1) is 0 Å². The molecule has 10 heteroatoms. The molecule has 466 valence electrons. The molecule has 0 unspecified atom stereocenters. The quantitative estimate of drug-likeness (QED) is 0.128. The van der Waals surface area contributed by atoms with Crippen LogP contribution in [0.3, 0.4) is 0 Å². The van der Waals surface area contributed by atoms with Crippen LogP contribution < -0.4 is 0 Å². The molecule has 0 bridgehead atoms. The normalized spacial score (nSPS) is 11.8. The average Bonchev–Trinajstić information content (AvgIpc) is 1.51. The first-order valence-electron chi connectivity index (χ1n) is 33.6. The zero-order valence-electron chi connectivity index (χ0n) is 53.7. The monoisotopic (exact) mass is 1290 g/mol. The van der Waals surface area contributed by atoms with Crippen LogP contribution in [0.15, 0.2) is 334 Å². The molecule has 6 heterocycles. The Hall–Kier alpha value is -13.3. The Kier molecular flexibility index (Phi) is 13.2. The zero-order chi connectivity index (χ0) is 65.8. The fourth-order valence-electron chi connectivity index (χ4n) is 14.9. The number of nitrogens with zero attached hydrogens (tertiary/aromatic N) is 9. The Balaban J connectivity index is 0.705. The molecular weight excluding hydrogens is 1240 g/mol. The second-order valence-corrected chi connectivity index (χ2v) is 26.4. The van der Waals surface area contributed by atoms with E-state index in [1.54, 1.807) is 0 Å². The third kappa shape index (κ3) is 9.52. The summed E-state index contributed by atoms with van der Waals surface area (Å²) in [4.78, 5) is 31.1. The van der Waals surface area contributed by atoms with Crippen molar-refractivity contribution in [1.82, 2.24) is 43.6 Å². The van der Waals surface area contributed by atoms with Gasteiger partial charge in [0.05, 0.1) is 33.1 Å². The van der Waals surface area contributed by atoms with Crippen LogP contribution in [-0.2, 0) is 0 Å². The van der Waals surface area contributed by atoms with Gasteiger partial charge in [0.25, 0.3) is 0 Å². The number of fused-ring (bicyclic) bond motifs is 12. The average molecular weight is 1290 g/mol. The van der Waals surface area contributed by atoms with E-state index in [1.807, 2.05) is 90.2 Å². The number of hydrogen-bond donors (Lipinski definition) is 0. The lowest BCUT2D eigenvalue weighted by atomic mass is 10.0. The van der Waals surface area contributed by atoms with E-state index in [2.05, 4.69) is 268 Å². The predicted octanol–water partition coefficient (Wildman–Crippen LogP) is 23.1. The Morgan fingerprint density at radius 1 is 0.190 bits per heavy atom. The minimum Gasteiger partial charge on any atom is -0.309 e. The van der Waals surface area contributed by atoms with Crippen molar-refractivity contribution >= 4 is 96.9 Å². The van der Waals surface area contributed by atoms with Crippen molar-refractivity contribution in [3.63, 3.8) is 0 Å². The fraction of sp³-hybridized carbons (Fsp3) is 0. The summed E-state index contributed by atoms with van der Waals surface area (Å²) in [5.74, 6) is 3.58. The lowest BCUT2D eigenvalue weighted by Gasteiger charge is -2.12. The third-order valence-corrected chi connectivity index (χ3v) is 20.8. The smallest absolute Gasteiger partial charge is 0.164 e. The molecule has 0 spiro atoms. The molecule has 0 aliphatic heterocycles. The molecule has 20 aromatic rings. The SMILES string of the molecule is c1ccc(-c2nc(-c3ccc(-n4c5ccccc5c5ccc(-c6cccc7c6sc6ccccc67)cc54)cc3)nc(-c3cccc(-c4ccc5c(c4)c4cc(-n6c7ccccc7c7ccccc76)ccc4n5-c4cccc(-c5nc(-c6ccccc6)nc(-c6ccccc6)n5)c4)c3)n2)cc1. The standard InChI is InChI=1S/C90H55N9S/c1-4-21-56(22-5-1)85-91-86(57-23-6-2-7-24-57)95-90(94-85)64-29-19-30-66(52-64)98-80-49-44-61(53-75(80)76-55-67(47-50-81(76)98)99-78-38-15-10-31-69(78)70-32-11-16-39-79(70)99)60-27-18-28-63(51-60)89-93-87(58-25-8-3-9-26-58)92-88(96-89)59-41-45-65(46-42-59)97-77-37-14-12-33-71(77)72-48-43-62(54-82(72)97)68-35-20-36-74-73-34-13-17-40-83(73)100-84(68)74/h1-55H. The second-order valence-electron chi connectivity index (χ2n) is 25.4. The van der Waals surface area contributed by atoms with E-state index in [9.17, 15) is 0 Å². The van der Waals surface area contributed by atoms with E-state index in [-0.39, 0.29) is 0 Å². The molecule has 0 amide bonds. The van der Waals surface area contributed by atoms with Gasteiger partial charge in [-0.25, -0.2) is 29.9 Å². The fourth-order valence-corrected chi connectivity index (χ4v) is 16.1. The maximum Gasteiger partial charge on any atom is 0.164 e. The van der Waals surface area contributed by atoms with Gasteiger partial charge in [-0.3, -0.25) is 0 Å². The van der Waals surface area contributed by atoms with Crippen LogP contribution in [0.4, 0.5) is 0 Å². The topological polar surface area (TPSA) is 92.1 Å². The van der Waals surface area contributed by atoms with Crippen molar-refractivity contribution in [2.75, 3.05) is 0 Å². The summed E-state index contributed by atoms with van der Waals surface area (Å²) < 4.78 is 9.76. The lowest BCUT2D eigenvalue weighted by Crippen LogP contribution is -2.01. The summed E-state index contributed by atoms with van der Waals surface area (Å²) in [7, 11) is 0. The number of para-hydroxylation sites is 3. The highest BCUT2D eigenvalue weighted by molar-refractivity contribution is 7.26. The summed E-state index contributed by atoms with van der Waals surface area (Å²) in [6, 6.07) is 119. The van der Waals surface area contributed by atoms with Crippen molar-refractivity contribution in [2.24, 2.45) is 0 Å². The van der Waals surface area contributed by atoms with Crippen molar-refractivity contribution in [3.05, 3.63) is 334 Å². The van der Waals surface area contributed by atoms with Crippen LogP contribution in [0.25, 0.3) is 193 Å². The maximum atomic E-state index is 5.34. The van der Waals surface area contributed by atoms with E-state index in [4.69, 9.17) is 29.9 Å². The van der Waals surface area contributed by atoms with Gasteiger partial charge >= 0.3 is 0 Å². The molecule has 6 aromatic heterocycles. The van der Waals surface area contributed by atoms with Gasteiger partial charge in [0.2, 0.25) is 0 Å². The molecule has 0 aliphatic rings. The maximum absolute atomic E-state index is 5.34. The Labute approximate surface area is 578 Å². The largest absolute Gasteiger partial charge is 0.309 e. The van der Waals surface area contributed by atoms with Crippen LogP contribution >= 0.6 is 11.3 Å². The van der Waals surface area contributed by atoms with Crippen molar-refractivity contribution in [2.45, 2.75) is 0 Å². The summed E-state index contributed by atoms with van der Waals surface area (Å²) in [6.07, 6.45) is 0. The van der Waals surface area contributed by atoms with Crippen molar-refractivity contribution < 1.29 is 0 Å². The molecule has 0 saturated heterocycles. The van der Waals surface area contributed by atoms with Crippen LogP contribution in [0.1, 0.15) is 0 Å².